The van der Waals surface area contributed by atoms with Crippen molar-refractivity contribution < 1.29 is 5.11 Å². The van der Waals surface area contributed by atoms with E-state index in [2.05, 4.69) is 10.0 Å². The summed E-state index contributed by atoms with van der Waals surface area (Å²) in [5, 5.41) is 13.0. The van der Waals surface area contributed by atoms with Crippen LogP contribution in [0.15, 0.2) is 23.3 Å². The van der Waals surface area contributed by atoms with Crippen molar-refractivity contribution in [2.75, 3.05) is 6.54 Å². The highest BCUT2D eigenvalue weighted by Crippen LogP contribution is 2.17. The number of rotatable bonds is 3. The quantitative estimate of drug-likeness (QED) is 0.445. The minimum absolute atomic E-state index is 0.0827. The second kappa shape index (κ2) is 4.65. The van der Waals surface area contributed by atoms with Crippen molar-refractivity contribution in [1.29, 1.82) is 0 Å². The van der Waals surface area contributed by atoms with E-state index in [9.17, 15) is 5.11 Å². The SMILES string of the molecule is Cc1cc(C)cc([C@@H](O)CN=[N+]=[N-])c1. The van der Waals surface area contributed by atoms with Gasteiger partial charge in [0.15, 0.2) is 0 Å². The predicted molar refractivity (Wildman–Crippen MR) is 54.9 cm³/mol. The van der Waals surface area contributed by atoms with Gasteiger partial charge in [-0.05, 0) is 24.9 Å². The molecule has 1 aromatic carbocycles. The molecule has 14 heavy (non-hydrogen) atoms. The van der Waals surface area contributed by atoms with Crippen LogP contribution in [0.1, 0.15) is 22.8 Å². The van der Waals surface area contributed by atoms with E-state index in [1.165, 1.54) is 0 Å². The molecule has 0 amide bonds. The maximum absolute atomic E-state index is 9.64. The van der Waals surface area contributed by atoms with Gasteiger partial charge < -0.3 is 5.11 Å². The molecule has 0 heterocycles. The molecule has 0 radical (unpaired) electrons. The van der Waals surface area contributed by atoms with Crippen LogP contribution in [0, 0.1) is 13.8 Å². The molecular formula is C10H13N3O. The molecule has 0 aliphatic rings. The number of nitrogens with zero attached hydrogens (tertiary/aromatic N) is 3. The van der Waals surface area contributed by atoms with E-state index in [1.807, 2.05) is 32.0 Å². The molecule has 4 nitrogen and oxygen atoms in total. The summed E-state index contributed by atoms with van der Waals surface area (Å²) in [6.45, 7) is 4.02. The fourth-order valence-electron chi connectivity index (χ4n) is 1.42. The highest BCUT2D eigenvalue weighted by atomic mass is 16.3. The highest BCUT2D eigenvalue weighted by molar-refractivity contribution is 5.30. The van der Waals surface area contributed by atoms with Gasteiger partial charge in [0, 0.05) is 4.91 Å². The van der Waals surface area contributed by atoms with Crippen LogP contribution in [-0.4, -0.2) is 11.7 Å². The number of aryl methyl sites for hydroxylation is 2. The summed E-state index contributed by atoms with van der Waals surface area (Å²) in [4.78, 5) is 2.61. The standard InChI is InChI=1S/C10H13N3O/c1-7-3-8(2)5-9(4-7)10(14)6-12-13-11/h3-5,10,14H,6H2,1-2H3/t10-/m0/s1. The van der Waals surface area contributed by atoms with Crippen LogP contribution in [0.25, 0.3) is 10.4 Å². The fourth-order valence-corrected chi connectivity index (χ4v) is 1.42. The molecule has 0 unspecified atom stereocenters. The molecule has 1 N–H and O–H groups in total. The number of hydrogen-bond acceptors (Lipinski definition) is 2. The molecule has 0 aliphatic carbocycles. The van der Waals surface area contributed by atoms with Crippen LogP contribution in [0.4, 0.5) is 0 Å². The largest absolute Gasteiger partial charge is 0.388 e. The van der Waals surface area contributed by atoms with Crippen LogP contribution in [0.2, 0.25) is 0 Å². The Kier molecular flexibility index (Phi) is 3.51. The third kappa shape index (κ3) is 2.76. The number of hydrogen-bond donors (Lipinski definition) is 1. The van der Waals surface area contributed by atoms with Gasteiger partial charge in [-0.25, -0.2) is 0 Å². The second-order valence-corrected chi connectivity index (χ2v) is 3.35. The van der Waals surface area contributed by atoms with E-state index in [4.69, 9.17) is 5.53 Å². The Labute approximate surface area is 82.8 Å². The summed E-state index contributed by atoms with van der Waals surface area (Å²) in [5.41, 5.74) is 11.1. The molecule has 1 atom stereocenters. The number of aliphatic hydroxyl groups is 1. The van der Waals surface area contributed by atoms with Crippen molar-refractivity contribution in [1.82, 2.24) is 0 Å². The summed E-state index contributed by atoms with van der Waals surface area (Å²) in [5.74, 6) is 0. The Hall–Kier alpha value is -1.51. The Balaban J connectivity index is 2.88. The summed E-state index contributed by atoms with van der Waals surface area (Å²) in [7, 11) is 0. The summed E-state index contributed by atoms with van der Waals surface area (Å²) in [6.07, 6.45) is -0.704. The van der Waals surface area contributed by atoms with E-state index < -0.39 is 6.10 Å². The third-order valence-electron chi connectivity index (χ3n) is 1.95. The van der Waals surface area contributed by atoms with Crippen molar-refractivity contribution in [2.24, 2.45) is 5.11 Å². The molecule has 0 saturated heterocycles. The molecule has 4 heteroatoms. The zero-order chi connectivity index (χ0) is 10.6. The van der Waals surface area contributed by atoms with Crippen LogP contribution in [-0.2, 0) is 0 Å². The van der Waals surface area contributed by atoms with Gasteiger partial charge >= 0.3 is 0 Å². The molecule has 0 spiro atoms. The molecule has 1 aromatic rings. The minimum Gasteiger partial charge on any atom is -0.388 e. The lowest BCUT2D eigenvalue weighted by atomic mass is 10.0. The fraction of sp³-hybridized carbons (Fsp3) is 0.400. The van der Waals surface area contributed by atoms with E-state index in [0.29, 0.717) is 0 Å². The molecule has 74 valence electrons. The number of benzene rings is 1. The van der Waals surface area contributed by atoms with Gasteiger partial charge in [-0.2, -0.15) is 0 Å². The maximum atomic E-state index is 9.64. The first-order valence-corrected chi connectivity index (χ1v) is 4.40. The first-order chi connectivity index (χ1) is 6.63. The molecule has 0 bridgehead atoms. The first-order valence-electron chi connectivity index (χ1n) is 4.40. The normalized spacial score (nSPS) is 11.9. The Morgan fingerprint density at radius 3 is 2.43 bits per heavy atom. The monoisotopic (exact) mass is 191 g/mol. The second-order valence-electron chi connectivity index (χ2n) is 3.35. The third-order valence-corrected chi connectivity index (χ3v) is 1.95. The predicted octanol–water partition coefficient (Wildman–Crippen LogP) is 2.65. The Bertz CT molecular complexity index is 349. The van der Waals surface area contributed by atoms with Crippen LogP contribution >= 0.6 is 0 Å². The molecule has 0 fully saturated rings. The zero-order valence-electron chi connectivity index (χ0n) is 8.31. The van der Waals surface area contributed by atoms with Gasteiger partial charge in [0.05, 0.1) is 12.6 Å². The smallest absolute Gasteiger partial charge is 0.0846 e. The van der Waals surface area contributed by atoms with Gasteiger partial charge in [-0.15, -0.1) is 0 Å². The van der Waals surface area contributed by atoms with E-state index in [0.717, 1.165) is 16.7 Å². The Morgan fingerprint density at radius 2 is 1.93 bits per heavy atom. The van der Waals surface area contributed by atoms with Crippen LogP contribution < -0.4 is 0 Å². The molecule has 1 rings (SSSR count). The van der Waals surface area contributed by atoms with Crippen LogP contribution in [0.5, 0.6) is 0 Å². The van der Waals surface area contributed by atoms with Crippen molar-refractivity contribution in [3.05, 3.63) is 45.3 Å². The van der Waals surface area contributed by atoms with Crippen molar-refractivity contribution in [3.8, 4) is 0 Å². The number of azide groups is 1. The van der Waals surface area contributed by atoms with Crippen molar-refractivity contribution >= 4 is 0 Å². The van der Waals surface area contributed by atoms with E-state index in [-0.39, 0.29) is 6.54 Å². The molecule has 0 saturated carbocycles. The lowest BCUT2D eigenvalue weighted by Gasteiger charge is -2.09. The van der Waals surface area contributed by atoms with Gasteiger partial charge in [-0.1, -0.05) is 34.4 Å². The molecule has 0 aromatic heterocycles. The van der Waals surface area contributed by atoms with Gasteiger partial charge in [0.25, 0.3) is 0 Å². The van der Waals surface area contributed by atoms with Crippen molar-refractivity contribution in [3.63, 3.8) is 0 Å². The first kappa shape index (κ1) is 10.6. The minimum atomic E-state index is -0.704. The summed E-state index contributed by atoms with van der Waals surface area (Å²) >= 11 is 0. The van der Waals surface area contributed by atoms with E-state index >= 15 is 0 Å². The topological polar surface area (TPSA) is 69.0 Å². The lowest BCUT2D eigenvalue weighted by molar-refractivity contribution is 0.186. The average Bonchev–Trinajstić information content (AvgIpc) is 2.12. The average molecular weight is 191 g/mol. The highest BCUT2D eigenvalue weighted by Gasteiger charge is 2.06. The maximum Gasteiger partial charge on any atom is 0.0846 e. The van der Waals surface area contributed by atoms with Gasteiger partial charge in [0.2, 0.25) is 0 Å². The lowest BCUT2D eigenvalue weighted by Crippen LogP contribution is -2.01. The van der Waals surface area contributed by atoms with E-state index in [1.54, 1.807) is 0 Å². The summed E-state index contributed by atoms with van der Waals surface area (Å²) in [6, 6.07) is 5.82. The van der Waals surface area contributed by atoms with Gasteiger partial charge in [0.1, 0.15) is 0 Å². The zero-order valence-corrected chi connectivity index (χ0v) is 8.31. The number of aliphatic hydroxyl groups excluding tert-OH is 1. The molecule has 0 aliphatic heterocycles. The van der Waals surface area contributed by atoms with Crippen molar-refractivity contribution in [2.45, 2.75) is 20.0 Å². The Morgan fingerprint density at radius 1 is 1.36 bits per heavy atom. The van der Waals surface area contributed by atoms with Crippen LogP contribution in [0.3, 0.4) is 0 Å². The van der Waals surface area contributed by atoms with Gasteiger partial charge in [-0.3, -0.25) is 0 Å². The summed E-state index contributed by atoms with van der Waals surface area (Å²) < 4.78 is 0. The molecular weight excluding hydrogens is 178 g/mol.